The molecule has 0 aromatic carbocycles. The third-order valence-electron chi connectivity index (χ3n) is 5.82. The monoisotopic (exact) mass is 397 g/mol. The average molecular weight is 397 g/mol. The van der Waals surface area contributed by atoms with Gasteiger partial charge in [-0.05, 0) is 25.0 Å². The first kappa shape index (κ1) is 19.6. The number of likely N-dealkylation sites (tertiary alicyclic amines) is 1. The number of amides is 2. The molecule has 0 saturated carbocycles. The summed E-state index contributed by atoms with van der Waals surface area (Å²) in [6.07, 6.45) is 7.57. The summed E-state index contributed by atoms with van der Waals surface area (Å²) < 4.78 is 1.39. The lowest BCUT2D eigenvalue weighted by molar-refractivity contribution is -0.132. The number of carbonyl (C=O) groups excluding carboxylic acids is 2. The zero-order valence-electron chi connectivity index (χ0n) is 16.6. The zero-order valence-corrected chi connectivity index (χ0v) is 16.6. The highest BCUT2D eigenvalue weighted by Crippen LogP contribution is 2.11. The first-order valence-electron chi connectivity index (χ1n) is 10.4. The molecule has 2 aromatic rings. The summed E-state index contributed by atoms with van der Waals surface area (Å²) in [6.45, 7) is 4.39. The average Bonchev–Trinajstić information content (AvgIpc) is 3.04. The Kier molecular flexibility index (Phi) is 5.89. The fraction of sp³-hybridized carbons (Fsp3) is 0.524. The molecule has 4 heterocycles. The van der Waals surface area contributed by atoms with Crippen LogP contribution in [0.3, 0.4) is 0 Å². The minimum absolute atomic E-state index is 0.0859. The van der Waals surface area contributed by atoms with Gasteiger partial charge in [0, 0.05) is 51.7 Å². The van der Waals surface area contributed by atoms with Gasteiger partial charge >= 0.3 is 0 Å². The lowest BCUT2D eigenvalue weighted by atomic mass is 10.2. The van der Waals surface area contributed by atoms with Crippen LogP contribution in [0.15, 0.2) is 35.4 Å². The number of rotatable bonds is 3. The molecule has 0 N–H and O–H groups in total. The van der Waals surface area contributed by atoms with Crippen molar-refractivity contribution in [1.29, 1.82) is 0 Å². The van der Waals surface area contributed by atoms with Crippen molar-refractivity contribution in [3.8, 4) is 0 Å². The van der Waals surface area contributed by atoms with E-state index in [4.69, 9.17) is 0 Å². The number of piperazine rings is 1. The Balaban J connectivity index is 1.36. The molecule has 2 aromatic heterocycles. The van der Waals surface area contributed by atoms with Crippen LogP contribution in [-0.4, -0.2) is 81.7 Å². The molecule has 2 aliphatic heterocycles. The summed E-state index contributed by atoms with van der Waals surface area (Å²) in [6, 6.07) is 5.27. The summed E-state index contributed by atoms with van der Waals surface area (Å²) in [7, 11) is 0. The highest BCUT2D eigenvalue weighted by molar-refractivity contribution is 5.93. The van der Waals surface area contributed by atoms with Crippen LogP contribution >= 0.6 is 0 Å². The normalized spacial score (nSPS) is 18.6. The topological polar surface area (TPSA) is 78.2 Å². The fourth-order valence-corrected chi connectivity index (χ4v) is 4.06. The van der Waals surface area contributed by atoms with E-state index < -0.39 is 0 Å². The molecule has 0 aliphatic carbocycles. The van der Waals surface area contributed by atoms with E-state index in [1.807, 2.05) is 4.90 Å². The van der Waals surface area contributed by atoms with Crippen molar-refractivity contribution >= 4 is 17.5 Å². The molecule has 8 heteroatoms. The third kappa shape index (κ3) is 4.32. The van der Waals surface area contributed by atoms with Crippen LogP contribution in [0, 0.1) is 0 Å². The molecule has 0 bridgehead atoms. The maximum Gasteiger partial charge on any atom is 0.270 e. The van der Waals surface area contributed by atoms with Crippen molar-refractivity contribution in [2.24, 2.45) is 0 Å². The Morgan fingerprint density at radius 3 is 2.34 bits per heavy atom. The van der Waals surface area contributed by atoms with E-state index in [9.17, 15) is 14.4 Å². The van der Waals surface area contributed by atoms with Gasteiger partial charge in [0.05, 0.1) is 6.54 Å². The quantitative estimate of drug-likeness (QED) is 0.768. The van der Waals surface area contributed by atoms with Gasteiger partial charge in [0.25, 0.3) is 11.5 Å². The molecule has 154 valence electrons. The molecule has 2 aliphatic rings. The molecule has 0 atom stereocenters. The van der Waals surface area contributed by atoms with Gasteiger partial charge in [0.2, 0.25) is 5.91 Å². The van der Waals surface area contributed by atoms with Gasteiger partial charge in [-0.2, -0.15) is 0 Å². The van der Waals surface area contributed by atoms with Gasteiger partial charge in [-0.3, -0.25) is 23.7 Å². The summed E-state index contributed by atoms with van der Waals surface area (Å²) in [5.74, 6) is -0.108. The molecule has 4 rings (SSSR count). The maximum absolute atomic E-state index is 12.9. The molecule has 2 fully saturated rings. The number of nitrogens with zero attached hydrogens (tertiary/aromatic N) is 5. The van der Waals surface area contributed by atoms with E-state index in [1.165, 1.54) is 23.4 Å². The van der Waals surface area contributed by atoms with E-state index in [-0.39, 0.29) is 22.9 Å². The molecule has 0 radical (unpaired) electrons. The zero-order chi connectivity index (χ0) is 20.2. The van der Waals surface area contributed by atoms with Gasteiger partial charge in [-0.25, -0.2) is 4.98 Å². The molecule has 2 amide bonds. The van der Waals surface area contributed by atoms with Crippen LogP contribution < -0.4 is 5.56 Å². The van der Waals surface area contributed by atoms with E-state index in [0.29, 0.717) is 38.4 Å². The molecule has 0 unspecified atom stereocenters. The predicted octanol–water partition coefficient (Wildman–Crippen LogP) is 0.855. The Hall–Kier alpha value is -2.74. The second-order valence-corrected chi connectivity index (χ2v) is 7.77. The van der Waals surface area contributed by atoms with Crippen LogP contribution in [-0.2, 0) is 4.79 Å². The summed E-state index contributed by atoms with van der Waals surface area (Å²) >= 11 is 0. The smallest absolute Gasteiger partial charge is 0.270 e. The first-order chi connectivity index (χ1) is 14.1. The number of hydrogen-bond donors (Lipinski definition) is 0. The Morgan fingerprint density at radius 2 is 1.62 bits per heavy atom. The van der Waals surface area contributed by atoms with Gasteiger partial charge < -0.3 is 9.80 Å². The van der Waals surface area contributed by atoms with Crippen LogP contribution in [0.25, 0.3) is 5.65 Å². The second kappa shape index (κ2) is 8.73. The molecule has 29 heavy (non-hydrogen) atoms. The second-order valence-electron chi connectivity index (χ2n) is 7.77. The standard InChI is InChI=1S/C21H27N5O3/c27-19(24-8-4-1-2-5-9-24)16-23-11-13-25(14-12-23)20(28)17-15-22-18-7-3-6-10-26(18)21(17)29/h3,6-7,10,15H,1-2,4-5,8-9,11-14,16H2. The van der Waals surface area contributed by atoms with Gasteiger partial charge in [0.15, 0.2) is 0 Å². The lowest BCUT2D eigenvalue weighted by Crippen LogP contribution is -2.52. The van der Waals surface area contributed by atoms with Crippen molar-refractivity contribution in [3.05, 3.63) is 46.5 Å². The van der Waals surface area contributed by atoms with Crippen molar-refractivity contribution < 1.29 is 9.59 Å². The number of pyridine rings is 1. The molecule has 0 spiro atoms. The number of aromatic nitrogens is 2. The van der Waals surface area contributed by atoms with E-state index in [1.54, 1.807) is 29.3 Å². The van der Waals surface area contributed by atoms with Gasteiger partial charge in [-0.15, -0.1) is 0 Å². The maximum atomic E-state index is 12.9. The van der Waals surface area contributed by atoms with Crippen molar-refractivity contribution in [2.75, 3.05) is 45.8 Å². The van der Waals surface area contributed by atoms with E-state index in [0.717, 1.165) is 25.9 Å². The van der Waals surface area contributed by atoms with Crippen LogP contribution in [0.4, 0.5) is 0 Å². The highest BCUT2D eigenvalue weighted by Gasteiger charge is 2.26. The number of carbonyl (C=O) groups is 2. The highest BCUT2D eigenvalue weighted by atomic mass is 16.2. The molecule has 2 saturated heterocycles. The third-order valence-corrected chi connectivity index (χ3v) is 5.82. The lowest BCUT2D eigenvalue weighted by Gasteiger charge is -2.35. The minimum atomic E-state index is -0.348. The van der Waals surface area contributed by atoms with Crippen molar-refractivity contribution in [1.82, 2.24) is 24.1 Å². The summed E-state index contributed by atoms with van der Waals surface area (Å²) in [5, 5.41) is 0. The molecule has 8 nitrogen and oxygen atoms in total. The van der Waals surface area contributed by atoms with Gasteiger partial charge in [-0.1, -0.05) is 18.9 Å². The van der Waals surface area contributed by atoms with Crippen LogP contribution in [0.2, 0.25) is 0 Å². The summed E-state index contributed by atoms with van der Waals surface area (Å²) in [5.41, 5.74) is 0.257. The predicted molar refractivity (Wildman–Crippen MR) is 109 cm³/mol. The van der Waals surface area contributed by atoms with Crippen LogP contribution in [0.5, 0.6) is 0 Å². The van der Waals surface area contributed by atoms with E-state index >= 15 is 0 Å². The number of fused-ring (bicyclic) bond motifs is 1. The molecular weight excluding hydrogens is 370 g/mol. The molecular formula is C21H27N5O3. The Morgan fingerprint density at radius 1 is 0.897 bits per heavy atom. The SMILES string of the molecule is O=C(CN1CCN(C(=O)c2cnc3ccccn3c2=O)CC1)N1CCCCCC1. The Bertz CT molecular complexity index is 941. The number of hydrogen-bond acceptors (Lipinski definition) is 5. The largest absolute Gasteiger partial charge is 0.342 e. The Labute approximate surface area is 169 Å². The minimum Gasteiger partial charge on any atom is -0.342 e. The summed E-state index contributed by atoms with van der Waals surface area (Å²) in [4.78, 5) is 48.1. The van der Waals surface area contributed by atoms with Crippen LogP contribution in [0.1, 0.15) is 36.0 Å². The fourth-order valence-electron chi connectivity index (χ4n) is 4.06. The van der Waals surface area contributed by atoms with Crippen molar-refractivity contribution in [2.45, 2.75) is 25.7 Å². The van der Waals surface area contributed by atoms with Gasteiger partial charge in [0.1, 0.15) is 11.2 Å². The van der Waals surface area contributed by atoms with Crippen molar-refractivity contribution in [3.63, 3.8) is 0 Å². The first-order valence-corrected chi connectivity index (χ1v) is 10.4. The van der Waals surface area contributed by atoms with E-state index in [2.05, 4.69) is 9.88 Å².